The van der Waals surface area contributed by atoms with Crippen LogP contribution in [-0.4, -0.2) is 100 Å². The maximum atomic E-state index is 5.43. The van der Waals surface area contributed by atoms with Crippen molar-refractivity contribution in [2.45, 2.75) is 13.1 Å². The molecule has 2 fully saturated rings. The number of nitrogens with one attached hydrogen (secondary N) is 1. The lowest BCUT2D eigenvalue weighted by Gasteiger charge is -2.34. The molecule has 1 aromatic carbocycles. The number of aromatic nitrogens is 5. The normalized spacial score (nSPS) is 19.0. The molecule has 6 rings (SSSR count). The van der Waals surface area contributed by atoms with Crippen LogP contribution >= 0.6 is 0 Å². The number of nitrogens with zero attached hydrogens (tertiary/aromatic N) is 9. The van der Waals surface area contributed by atoms with Crippen LogP contribution in [0.25, 0.3) is 6.20 Å². The Bertz CT molecular complexity index is 1170. The summed E-state index contributed by atoms with van der Waals surface area (Å²) in [7, 11) is 2.18. The fourth-order valence-electron chi connectivity index (χ4n) is 4.80. The van der Waals surface area contributed by atoms with Gasteiger partial charge in [0.2, 0.25) is 5.95 Å². The average Bonchev–Trinajstić information content (AvgIpc) is 3.55. The van der Waals surface area contributed by atoms with Gasteiger partial charge in [-0.1, -0.05) is 0 Å². The predicted molar refractivity (Wildman–Crippen MR) is 140 cm³/mol. The Kier molecular flexibility index (Phi) is 6.58. The van der Waals surface area contributed by atoms with Crippen LogP contribution in [-0.2, 0) is 17.8 Å². The molecule has 0 bridgehead atoms. The molecule has 0 aliphatic carbocycles. The van der Waals surface area contributed by atoms with E-state index in [2.05, 4.69) is 72.6 Å². The molecule has 0 spiro atoms. The van der Waals surface area contributed by atoms with Crippen LogP contribution in [0.5, 0.6) is 0 Å². The van der Waals surface area contributed by atoms with E-state index in [-0.39, 0.29) is 0 Å². The highest BCUT2D eigenvalue weighted by Crippen LogP contribution is 2.24. The third-order valence-electron chi connectivity index (χ3n) is 7.09. The predicted octanol–water partition coefficient (Wildman–Crippen LogP) is 1.75. The van der Waals surface area contributed by atoms with Gasteiger partial charge in [0.1, 0.15) is 0 Å². The van der Waals surface area contributed by atoms with Crippen LogP contribution in [0.15, 0.2) is 42.9 Å². The number of anilines is 4. The minimum Gasteiger partial charge on any atom is -0.379 e. The Morgan fingerprint density at radius 1 is 0.917 bits per heavy atom. The Hall–Kier alpha value is -3.41. The van der Waals surface area contributed by atoms with Gasteiger partial charge in [0.15, 0.2) is 5.82 Å². The molecule has 2 aromatic heterocycles. The highest BCUT2D eigenvalue weighted by molar-refractivity contribution is 5.60. The summed E-state index contributed by atoms with van der Waals surface area (Å²) in [5, 5.41) is 12.5. The van der Waals surface area contributed by atoms with Gasteiger partial charge < -0.3 is 24.8 Å². The van der Waals surface area contributed by atoms with Crippen LogP contribution in [0.4, 0.5) is 23.0 Å². The zero-order valence-corrected chi connectivity index (χ0v) is 20.8. The second-order valence-electron chi connectivity index (χ2n) is 9.60. The Labute approximate surface area is 211 Å². The number of benzene rings is 1. The van der Waals surface area contributed by atoms with Gasteiger partial charge in [-0.2, -0.15) is 10.1 Å². The van der Waals surface area contributed by atoms with Crippen molar-refractivity contribution in [1.82, 2.24) is 34.3 Å². The van der Waals surface area contributed by atoms with Crippen LogP contribution in [0.3, 0.4) is 0 Å². The van der Waals surface area contributed by atoms with E-state index in [1.807, 2.05) is 28.0 Å². The van der Waals surface area contributed by atoms with Crippen molar-refractivity contribution in [2.24, 2.45) is 0 Å². The SMILES string of the molecule is CN1CCN(c2ccc(Nc3nc4n(n3)C=CN(c3cnn(CCN5CCOCC5)c3)C4)cc2)CC1. The number of piperazine rings is 1. The molecule has 3 aliphatic rings. The van der Waals surface area contributed by atoms with E-state index >= 15 is 0 Å². The maximum absolute atomic E-state index is 5.43. The first-order chi connectivity index (χ1) is 17.7. The molecule has 3 aliphatic heterocycles. The van der Waals surface area contributed by atoms with Crippen molar-refractivity contribution in [3.05, 3.63) is 48.7 Å². The molecule has 11 nitrogen and oxygen atoms in total. The van der Waals surface area contributed by atoms with Crippen molar-refractivity contribution in [3.8, 4) is 0 Å². The minimum absolute atomic E-state index is 0.602. The molecule has 0 saturated carbocycles. The number of fused-ring (bicyclic) bond motifs is 1. The molecular formula is C25H34N10O. The fraction of sp³-hybridized carbons (Fsp3) is 0.480. The van der Waals surface area contributed by atoms with Gasteiger partial charge in [0, 0.05) is 75.8 Å². The fourth-order valence-corrected chi connectivity index (χ4v) is 4.80. The second kappa shape index (κ2) is 10.3. The van der Waals surface area contributed by atoms with Crippen LogP contribution < -0.4 is 15.1 Å². The molecule has 0 amide bonds. The lowest BCUT2D eigenvalue weighted by atomic mass is 10.2. The number of hydrogen-bond donors (Lipinski definition) is 1. The Balaban J connectivity index is 1.04. The molecule has 5 heterocycles. The molecule has 0 radical (unpaired) electrons. The lowest BCUT2D eigenvalue weighted by molar-refractivity contribution is 0.0360. The molecule has 11 heteroatoms. The molecule has 0 atom stereocenters. The van der Waals surface area contributed by atoms with Crippen molar-refractivity contribution >= 4 is 29.2 Å². The summed E-state index contributed by atoms with van der Waals surface area (Å²) in [6, 6.07) is 8.53. The van der Waals surface area contributed by atoms with Gasteiger partial charge in [-0.25, -0.2) is 4.68 Å². The third kappa shape index (κ3) is 5.23. The summed E-state index contributed by atoms with van der Waals surface area (Å²) in [5.41, 5.74) is 3.30. The van der Waals surface area contributed by atoms with Gasteiger partial charge in [-0.05, 0) is 31.3 Å². The van der Waals surface area contributed by atoms with Crippen LogP contribution in [0, 0.1) is 0 Å². The zero-order valence-electron chi connectivity index (χ0n) is 20.8. The van der Waals surface area contributed by atoms with E-state index in [0.717, 1.165) is 82.8 Å². The van der Waals surface area contributed by atoms with E-state index in [1.54, 1.807) is 0 Å². The Morgan fingerprint density at radius 2 is 1.72 bits per heavy atom. The molecule has 36 heavy (non-hydrogen) atoms. The first kappa shape index (κ1) is 23.0. The summed E-state index contributed by atoms with van der Waals surface area (Å²) in [4.78, 5) is 14.1. The van der Waals surface area contributed by atoms with E-state index < -0.39 is 0 Å². The van der Waals surface area contributed by atoms with Crippen LogP contribution in [0.2, 0.25) is 0 Å². The monoisotopic (exact) mass is 490 g/mol. The van der Waals surface area contributed by atoms with Crippen molar-refractivity contribution < 1.29 is 4.74 Å². The van der Waals surface area contributed by atoms with Crippen molar-refractivity contribution in [3.63, 3.8) is 0 Å². The largest absolute Gasteiger partial charge is 0.379 e. The zero-order chi connectivity index (χ0) is 24.3. The van der Waals surface area contributed by atoms with Crippen molar-refractivity contribution in [2.75, 3.05) is 81.2 Å². The maximum Gasteiger partial charge on any atom is 0.247 e. The topological polar surface area (TPSA) is 82.8 Å². The van der Waals surface area contributed by atoms with Gasteiger partial charge in [0.05, 0.1) is 38.2 Å². The number of morpholine rings is 1. The van der Waals surface area contributed by atoms with E-state index in [4.69, 9.17) is 9.72 Å². The van der Waals surface area contributed by atoms with E-state index in [1.165, 1.54) is 5.69 Å². The highest BCUT2D eigenvalue weighted by Gasteiger charge is 2.19. The molecule has 190 valence electrons. The lowest BCUT2D eigenvalue weighted by Crippen LogP contribution is -2.44. The van der Waals surface area contributed by atoms with E-state index in [0.29, 0.717) is 12.5 Å². The second-order valence-corrected chi connectivity index (χ2v) is 9.60. The highest BCUT2D eigenvalue weighted by atomic mass is 16.5. The summed E-state index contributed by atoms with van der Waals surface area (Å²) in [6.45, 7) is 10.5. The smallest absolute Gasteiger partial charge is 0.247 e. The van der Waals surface area contributed by atoms with Gasteiger partial charge >= 0.3 is 0 Å². The van der Waals surface area contributed by atoms with Crippen LogP contribution in [0.1, 0.15) is 5.82 Å². The molecule has 3 aromatic rings. The number of ether oxygens (including phenoxy) is 1. The first-order valence-electron chi connectivity index (χ1n) is 12.7. The molecule has 0 unspecified atom stereocenters. The molecular weight excluding hydrogens is 456 g/mol. The third-order valence-corrected chi connectivity index (χ3v) is 7.09. The van der Waals surface area contributed by atoms with Gasteiger partial charge in [0.25, 0.3) is 0 Å². The summed E-state index contributed by atoms with van der Waals surface area (Å²) < 4.78 is 9.27. The first-order valence-corrected chi connectivity index (χ1v) is 12.7. The van der Waals surface area contributed by atoms with Gasteiger partial charge in [-0.3, -0.25) is 9.58 Å². The molecule has 2 saturated heterocycles. The number of likely N-dealkylation sites (N-methyl/N-ethyl adjacent to an activating group) is 1. The average molecular weight is 491 g/mol. The Morgan fingerprint density at radius 3 is 2.53 bits per heavy atom. The number of hydrogen-bond acceptors (Lipinski definition) is 9. The van der Waals surface area contributed by atoms with Crippen molar-refractivity contribution in [1.29, 1.82) is 0 Å². The summed E-state index contributed by atoms with van der Waals surface area (Å²) in [5.74, 6) is 1.49. The minimum atomic E-state index is 0.602. The quantitative estimate of drug-likeness (QED) is 0.533. The summed E-state index contributed by atoms with van der Waals surface area (Å²) >= 11 is 0. The van der Waals surface area contributed by atoms with E-state index in [9.17, 15) is 0 Å². The number of rotatable bonds is 7. The summed E-state index contributed by atoms with van der Waals surface area (Å²) in [6.07, 6.45) is 7.98. The standard InChI is InChI=1S/C25H34N10O/c1-30-6-9-32(10-7-30)22-4-2-21(3-5-22)27-25-28-24-20-33(11-13-35(24)29-25)23-18-26-34(19-23)12-8-31-14-16-36-17-15-31/h2-5,11,13,18-19H,6-10,12,14-17,20H2,1H3,(H,27,29). The van der Waals surface area contributed by atoms with Gasteiger partial charge in [-0.15, -0.1) is 5.10 Å². The molecule has 1 N–H and O–H groups in total.